The number of benzene rings is 1. The number of aryl methyl sites for hydroxylation is 1. The van der Waals surface area contributed by atoms with Crippen molar-refractivity contribution in [3.05, 3.63) is 30.0 Å². The number of ether oxygens (including phenoxy) is 2. The predicted octanol–water partition coefficient (Wildman–Crippen LogP) is 2.56. The number of pyridine rings is 1. The molecular formula is C12H13NO2. The molecule has 0 fully saturated rings. The fourth-order valence-electron chi connectivity index (χ4n) is 1.62. The summed E-state index contributed by atoms with van der Waals surface area (Å²) in [6, 6.07) is 5.95. The zero-order valence-corrected chi connectivity index (χ0v) is 9.07. The van der Waals surface area contributed by atoms with Crippen LogP contribution in [0.4, 0.5) is 0 Å². The van der Waals surface area contributed by atoms with Crippen molar-refractivity contribution in [2.24, 2.45) is 0 Å². The van der Waals surface area contributed by atoms with E-state index in [4.69, 9.17) is 9.47 Å². The SMILES string of the molecule is COc1ccc2cc(C)cnc2c1OC. The van der Waals surface area contributed by atoms with Gasteiger partial charge in [-0.15, -0.1) is 0 Å². The van der Waals surface area contributed by atoms with E-state index in [1.165, 1.54) is 0 Å². The average Bonchev–Trinajstić information content (AvgIpc) is 2.27. The van der Waals surface area contributed by atoms with Crippen LogP contribution >= 0.6 is 0 Å². The molecule has 15 heavy (non-hydrogen) atoms. The van der Waals surface area contributed by atoms with Crippen LogP contribution in [0.15, 0.2) is 24.4 Å². The number of rotatable bonds is 2. The molecule has 0 amide bonds. The number of aromatic nitrogens is 1. The highest BCUT2D eigenvalue weighted by molar-refractivity contribution is 5.87. The number of methoxy groups -OCH3 is 2. The second-order valence-electron chi connectivity index (χ2n) is 3.39. The van der Waals surface area contributed by atoms with E-state index in [0.29, 0.717) is 11.5 Å². The normalized spacial score (nSPS) is 10.3. The van der Waals surface area contributed by atoms with Crippen molar-refractivity contribution in [1.29, 1.82) is 0 Å². The molecule has 0 bridgehead atoms. The minimum absolute atomic E-state index is 0.690. The van der Waals surface area contributed by atoms with Gasteiger partial charge >= 0.3 is 0 Å². The van der Waals surface area contributed by atoms with Gasteiger partial charge in [0.25, 0.3) is 0 Å². The van der Waals surface area contributed by atoms with E-state index in [0.717, 1.165) is 16.5 Å². The first-order valence-corrected chi connectivity index (χ1v) is 4.73. The molecule has 0 N–H and O–H groups in total. The maximum absolute atomic E-state index is 5.30. The average molecular weight is 203 g/mol. The molecule has 0 spiro atoms. The molecule has 1 heterocycles. The molecule has 1 aromatic carbocycles. The second kappa shape index (κ2) is 3.77. The molecule has 0 saturated heterocycles. The van der Waals surface area contributed by atoms with Crippen LogP contribution in [-0.2, 0) is 0 Å². The van der Waals surface area contributed by atoms with Crippen LogP contribution in [-0.4, -0.2) is 19.2 Å². The Balaban J connectivity index is 2.76. The van der Waals surface area contributed by atoms with Crippen molar-refractivity contribution in [2.45, 2.75) is 6.92 Å². The molecule has 0 saturated carbocycles. The van der Waals surface area contributed by atoms with Gasteiger partial charge in [0.05, 0.1) is 14.2 Å². The predicted molar refractivity (Wildman–Crippen MR) is 59.6 cm³/mol. The zero-order valence-electron chi connectivity index (χ0n) is 9.07. The maximum Gasteiger partial charge on any atom is 0.187 e. The summed E-state index contributed by atoms with van der Waals surface area (Å²) in [6.07, 6.45) is 1.82. The molecule has 0 aliphatic carbocycles. The number of hydrogen-bond donors (Lipinski definition) is 0. The van der Waals surface area contributed by atoms with Crippen molar-refractivity contribution in [3.63, 3.8) is 0 Å². The van der Waals surface area contributed by atoms with Crippen molar-refractivity contribution in [2.75, 3.05) is 14.2 Å². The third kappa shape index (κ3) is 1.61. The van der Waals surface area contributed by atoms with Crippen LogP contribution in [0.1, 0.15) is 5.56 Å². The lowest BCUT2D eigenvalue weighted by Crippen LogP contribution is -1.93. The maximum atomic E-state index is 5.30. The van der Waals surface area contributed by atoms with E-state index in [1.807, 2.05) is 25.3 Å². The van der Waals surface area contributed by atoms with E-state index < -0.39 is 0 Å². The molecule has 0 aliphatic rings. The summed E-state index contributed by atoms with van der Waals surface area (Å²) in [5.74, 6) is 1.40. The minimum atomic E-state index is 0.690. The van der Waals surface area contributed by atoms with Gasteiger partial charge in [0.1, 0.15) is 5.52 Å². The van der Waals surface area contributed by atoms with Gasteiger partial charge in [0.2, 0.25) is 0 Å². The molecular weight excluding hydrogens is 190 g/mol. The molecule has 0 unspecified atom stereocenters. The zero-order chi connectivity index (χ0) is 10.8. The Morgan fingerprint density at radius 3 is 2.60 bits per heavy atom. The number of fused-ring (bicyclic) bond motifs is 1. The highest BCUT2D eigenvalue weighted by Crippen LogP contribution is 2.33. The topological polar surface area (TPSA) is 31.4 Å². The molecule has 3 nitrogen and oxygen atoms in total. The largest absolute Gasteiger partial charge is 0.493 e. The minimum Gasteiger partial charge on any atom is -0.493 e. The summed E-state index contributed by atoms with van der Waals surface area (Å²) in [6.45, 7) is 2.02. The van der Waals surface area contributed by atoms with Crippen molar-refractivity contribution in [3.8, 4) is 11.5 Å². The molecule has 3 heteroatoms. The Hall–Kier alpha value is -1.77. The van der Waals surface area contributed by atoms with Gasteiger partial charge in [-0.3, -0.25) is 4.98 Å². The molecule has 0 aliphatic heterocycles. The van der Waals surface area contributed by atoms with Crippen LogP contribution in [0, 0.1) is 6.92 Å². The second-order valence-corrected chi connectivity index (χ2v) is 3.39. The summed E-state index contributed by atoms with van der Waals surface area (Å²) >= 11 is 0. The Kier molecular flexibility index (Phi) is 2.46. The fourth-order valence-corrected chi connectivity index (χ4v) is 1.62. The highest BCUT2D eigenvalue weighted by atomic mass is 16.5. The third-order valence-corrected chi connectivity index (χ3v) is 2.33. The lowest BCUT2D eigenvalue weighted by atomic mass is 10.1. The smallest absolute Gasteiger partial charge is 0.187 e. The van der Waals surface area contributed by atoms with Crippen molar-refractivity contribution < 1.29 is 9.47 Å². The van der Waals surface area contributed by atoms with Gasteiger partial charge in [-0.2, -0.15) is 0 Å². The van der Waals surface area contributed by atoms with Crippen molar-refractivity contribution >= 4 is 10.9 Å². The van der Waals surface area contributed by atoms with Crippen LogP contribution in [0.5, 0.6) is 11.5 Å². The lowest BCUT2D eigenvalue weighted by Gasteiger charge is -2.09. The molecule has 0 radical (unpaired) electrons. The molecule has 0 atom stereocenters. The number of hydrogen-bond acceptors (Lipinski definition) is 3. The van der Waals surface area contributed by atoms with Gasteiger partial charge in [-0.05, 0) is 30.7 Å². The number of nitrogens with zero attached hydrogens (tertiary/aromatic N) is 1. The van der Waals surface area contributed by atoms with Gasteiger partial charge in [0, 0.05) is 11.6 Å². The van der Waals surface area contributed by atoms with Gasteiger partial charge in [-0.1, -0.05) is 0 Å². The Labute approximate surface area is 88.7 Å². The van der Waals surface area contributed by atoms with Crippen LogP contribution in [0.3, 0.4) is 0 Å². The third-order valence-electron chi connectivity index (χ3n) is 2.33. The first-order chi connectivity index (χ1) is 7.26. The Morgan fingerprint density at radius 1 is 1.13 bits per heavy atom. The van der Waals surface area contributed by atoms with Gasteiger partial charge < -0.3 is 9.47 Å². The van der Waals surface area contributed by atoms with Crippen LogP contribution in [0.25, 0.3) is 10.9 Å². The summed E-state index contributed by atoms with van der Waals surface area (Å²) < 4.78 is 10.5. The van der Waals surface area contributed by atoms with Gasteiger partial charge in [0.15, 0.2) is 11.5 Å². The highest BCUT2D eigenvalue weighted by Gasteiger charge is 2.09. The summed E-state index contributed by atoms with van der Waals surface area (Å²) in [7, 11) is 3.25. The van der Waals surface area contributed by atoms with E-state index in [2.05, 4.69) is 11.1 Å². The van der Waals surface area contributed by atoms with Crippen LogP contribution < -0.4 is 9.47 Å². The lowest BCUT2D eigenvalue weighted by molar-refractivity contribution is 0.358. The Morgan fingerprint density at radius 2 is 1.93 bits per heavy atom. The van der Waals surface area contributed by atoms with E-state index in [9.17, 15) is 0 Å². The molecule has 78 valence electrons. The molecule has 2 aromatic rings. The molecule has 1 aromatic heterocycles. The van der Waals surface area contributed by atoms with E-state index >= 15 is 0 Å². The van der Waals surface area contributed by atoms with Gasteiger partial charge in [-0.25, -0.2) is 0 Å². The first-order valence-electron chi connectivity index (χ1n) is 4.73. The van der Waals surface area contributed by atoms with Crippen molar-refractivity contribution in [1.82, 2.24) is 4.98 Å². The molecule has 2 rings (SSSR count). The summed E-state index contributed by atoms with van der Waals surface area (Å²) in [5.41, 5.74) is 1.97. The van der Waals surface area contributed by atoms with E-state index in [-0.39, 0.29) is 0 Å². The quantitative estimate of drug-likeness (QED) is 0.751. The fraction of sp³-hybridized carbons (Fsp3) is 0.250. The Bertz CT molecular complexity index is 494. The van der Waals surface area contributed by atoms with Crippen LogP contribution in [0.2, 0.25) is 0 Å². The monoisotopic (exact) mass is 203 g/mol. The summed E-state index contributed by atoms with van der Waals surface area (Å²) in [5, 5.41) is 1.06. The summed E-state index contributed by atoms with van der Waals surface area (Å²) in [4.78, 5) is 4.36. The standard InChI is InChI=1S/C12H13NO2/c1-8-6-9-4-5-10(14-2)12(15-3)11(9)13-7-8/h4-7H,1-3H3. The van der Waals surface area contributed by atoms with E-state index in [1.54, 1.807) is 14.2 Å². The first kappa shape index (κ1) is 9.77.